The maximum atomic E-state index is 5.86. The van der Waals surface area contributed by atoms with Crippen molar-refractivity contribution in [3.63, 3.8) is 0 Å². The summed E-state index contributed by atoms with van der Waals surface area (Å²) in [5.74, 6) is 5.47. The van der Waals surface area contributed by atoms with Crippen molar-refractivity contribution in [2.24, 2.45) is 11.3 Å². The molecule has 74 valence electrons. The number of rotatable bonds is 2. The largest absolute Gasteiger partial charge is 0.453 e. The molecular formula is C9H15ClN2O. The summed E-state index contributed by atoms with van der Waals surface area (Å²) in [6, 6.07) is 1.83. The van der Waals surface area contributed by atoms with Gasteiger partial charge in [0.2, 0.25) is 0 Å². The maximum Gasteiger partial charge on any atom is 0.197 e. The van der Waals surface area contributed by atoms with Crippen molar-refractivity contribution in [2.75, 3.05) is 0 Å². The molecular weight excluding hydrogens is 188 g/mol. The molecule has 0 amide bonds. The number of nitrogens with two attached hydrogens (primary N) is 1. The van der Waals surface area contributed by atoms with Crippen molar-refractivity contribution < 1.29 is 4.42 Å². The van der Waals surface area contributed by atoms with Crippen LogP contribution in [0.5, 0.6) is 0 Å². The number of hydrogen-bond acceptors (Lipinski definition) is 3. The van der Waals surface area contributed by atoms with Gasteiger partial charge in [0.1, 0.15) is 0 Å². The zero-order valence-corrected chi connectivity index (χ0v) is 8.85. The first-order chi connectivity index (χ1) is 5.96. The summed E-state index contributed by atoms with van der Waals surface area (Å²) in [4.78, 5) is 0. The second-order valence-corrected chi connectivity index (χ2v) is 4.46. The van der Waals surface area contributed by atoms with Gasteiger partial charge in [0.25, 0.3) is 0 Å². The maximum absolute atomic E-state index is 5.86. The monoisotopic (exact) mass is 202 g/mol. The van der Waals surface area contributed by atoms with Gasteiger partial charge in [0.15, 0.2) is 5.22 Å². The fraction of sp³-hybridized carbons (Fsp3) is 0.556. The quantitative estimate of drug-likeness (QED) is 0.572. The highest BCUT2D eigenvalue weighted by Gasteiger charge is 2.28. The summed E-state index contributed by atoms with van der Waals surface area (Å²) in [6.07, 6.45) is 1.56. The summed E-state index contributed by atoms with van der Waals surface area (Å²) >= 11 is 5.86. The molecule has 0 radical (unpaired) electrons. The first kappa shape index (κ1) is 10.6. The highest BCUT2D eigenvalue weighted by atomic mass is 35.5. The molecule has 0 fully saturated rings. The summed E-state index contributed by atoms with van der Waals surface area (Å²) < 4.78 is 5.01. The summed E-state index contributed by atoms with van der Waals surface area (Å²) in [5.41, 5.74) is 3.64. The van der Waals surface area contributed by atoms with Crippen LogP contribution in [-0.2, 0) is 0 Å². The summed E-state index contributed by atoms with van der Waals surface area (Å²) in [6.45, 7) is 6.25. The molecule has 1 aromatic heterocycles. The van der Waals surface area contributed by atoms with E-state index in [9.17, 15) is 0 Å². The van der Waals surface area contributed by atoms with Gasteiger partial charge in [-0.1, -0.05) is 20.8 Å². The molecule has 0 saturated heterocycles. The Morgan fingerprint density at radius 3 is 2.46 bits per heavy atom. The topological polar surface area (TPSA) is 51.2 Å². The van der Waals surface area contributed by atoms with Crippen molar-refractivity contribution in [3.8, 4) is 0 Å². The minimum absolute atomic E-state index is 0.00116. The van der Waals surface area contributed by atoms with Gasteiger partial charge in [-0.2, -0.15) is 0 Å². The van der Waals surface area contributed by atoms with Crippen LogP contribution in [0.15, 0.2) is 16.7 Å². The Balaban J connectivity index is 2.98. The van der Waals surface area contributed by atoms with E-state index >= 15 is 0 Å². The molecule has 3 N–H and O–H groups in total. The lowest BCUT2D eigenvalue weighted by atomic mass is 9.84. The highest BCUT2D eigenvalue weighted by Crippen LogP contribution is 2.35. The molecule has 0 aliphatic heterocycles. The van der Waals surface area contributed by atoms with E-state index in [1.807, 2.05) is 6.07 Å². The van der Waals surface area contributed by atoms with Crippen LogP contribution in [0.3, 0.4) is 0 Å². The van der Waals surface area contributed by atoms with Crippen molar-refractivity contribution in [3.05, 3.63) is 23.1 Å². The summed E-state index contributed by atoms with van der Waals surface area (Å²) in [7, 11) is 0. The van der Waals surface area contributed by atoms with Gasteiger partial charge in [-0.15, -0.1) is 0 Å². The molecule has 0 aromatic carbocycles. The molecule has 1 heterocycles. The van der Waals surface area contributed by atoms with E-state index in [-0.39, 0.29) is 11.5 Å². The zero-order chi connectivity index (χ0) is 10.1. The van der Waals surface area contributed by atoms with Crippen LogP contribution in [0, 0.1) is 5.41 Å². The van der Waals surface area contributed by atoms with E-state index in [1.54, 1.807) is 6.26 Å². The number of furan rings is 1. The predicted octanol–water partition coefficient (Wildman–Crippen LogP) is 2.48. The molecule has 3 nitrogen and oxygen atoms in total. The summed E-state index contributed by atoms with van der Waals surface area (Å²) in [5, 5.41) is 0.401. The Morgan fingerprint density at radius 1 is 1.54 bits per heavy atom. The minimum Gasteiger partial charge on any atom is -0.453 e. The zero-order valence-electron chi connectivity index (χ0n) is 8.10. The molecule has 4 heteroatoms. The number of nitrogens with one attached hydrogen (secondary N) is 1. The lowest BCUT2D eigenvalue weighted by molar-refractivity contribution is 0.274. The van der Waals surface area contributed by atoms with Crippen molar-refractivity contribution in [1.29, 1.82) is 0 Å². The van der Waals surface area contributed by atoms with Crippen LogP contribution in [-0.4, -0.2) is 0 Å². The van der Waals surface area contributed by atoms with Crippen LogP contribution >= 0.6 is 11.6 Å². The molecule has 1 atom stereocenters. The van der Waals surface area contributed by atoms with Crippen molar-refractivity contribution in [2.45, 2.75) is 26.8 Å². The molecule has 13 heavy (non-hydrogen) atoms. The van der Waals surface area contributed by atoms with E-state index < -0.39 is 0 Å². The Bertz CT molecular complexity index is 277. The number of halogens is 1. The lowest BCUT2D eigenvalue weighted by Gasteiger charge is -2.29. The van der Waals surface area contributed by atoms with Gasteiger partial charge in [-0.25, -0.2) is 0 Å². The third kappa shape index (κ3) is 2.24. The molecule has 0 bridgehead atoms. The second-order valence-electron chi connectivity index (χ2n) is 4.12. The van der Waals surface area contributed by atoms with Crippen LogP contribution in [0.25, 0.3) is 0 Å². The van der Waals surface area contributed by atoms with Gasteiger partial charge >= 0.3 is 0 Å². The fourth-order valence-corrected chi connectivity index (χ4v) is 1.54. The van der Waals surface area contributed by atoms with E-state index in [4.69, 9.17) is 21.9 Å². The minimum atomic E-state index is -0.00116. The standard InChI is InChI=1S/C9H15ClN2O/c1-9(2,3)7(12-11)6-4-5-13-8(6)10/h4-5,7,12H,11H2,1-3H3. The van der Waals surface area contributed by atoms with Crippen LogP contribution in [0.2, 0.25) is 5.22 Å². The Labute approximate surface area is 83.2 Å². The molecule has 0 spiro atoms. The fourth-order valence-electron chi connectivity index (χ4n) is 1.32. The number of hydrazine groups is 1. The van der Waals surface area contributed by atoms with Gasteiger partial charge in [0, 0.05) is 5.56 Å². The smallest absolute Gasteiger partial charge is 0.197 e. The van der Waals surface area contributed by atoms with Gasteiger partial charge in [0.05, 0.1) is 12.3 Å². The Kier molecular flexibility index (Phi) is 3.01. The molecule has 1 aromatic rings. The van der Waals surface area contributed by atoms with Crippen LogP contribution < -0.4 is 11.3 Å². The molecule has 0 aliphatic rings. The van der Waals surface area contributed by atoms with Gasteiger partial charge in [-0.3, -0.25) is 11.3 Å². The highest BCUT2D eigenvalue weighted by molar-refractivity contribution is 6.29. The van der Waals surface area contributed by atoms with Crippen molar-refractivity contribution in [1.82, 2.24) is 5.43 Å². The average molecular weight is 203 g/mol. The SMILES string of the molecule is CC(C)(C)C(NN)c1ccoc1Cl. The third-order valence-corrected chi connectivity index (χ3v) is 2.30. The molecule has 0 saturated carbocycles. The normalized spacial score (nSPS) is 14.5. The van der Waals surface area contributed by atoms with Gasteiger partial charge < -0.3 is 4.42 Å². The lowest BCUT2D eigenvalue weighted by Crippen LogP contribution is -2.36. The second kappa shape index (κ2) is 3.70. The Morgan fingerprint density at radius 2 is 2.15 bits per heavy atom. The van der Waals surface area contributed by atoms with Gasteiger partial charge in [-0.05, 0) is 23.1 Å². The third-order valence-electron chi connectivity index (χ3n) is 1.99. The molecule has 1 unspecified atom stereocenters. The predicted molar refractivity (Wildman–Crippen MR) is 53.2 cm³/mol. The van der Waals surface area contributed by atoms with E-state index in [0.717, 1.165) is 5.56 Å². The van der Waals surface area contributed by atoms with Crippen molar-refractivity contribution >= 4 is 11.6 Å². The van der Waals surface area contributed by atoms with E-state index in [0.29, 0.717) is 5.22 Å². The molecule has 0 aliphatic carbocycles. The van der Waals surface area contributed by atoms with E-state index in [1.165, 1.54) is 0 Å². The first-order valence-electron chi connectivity index (χ1n) is 4.16. The van der Waals surface area contributed by atoms with Crippen LogP contribution in [0.4, 0.5) is 0 Å². The average Bonchev–Trinajstić information content (AvgIpc) is 2.35. The number of hydrogen-bond donors (Lipinski definition) is 2. The van der Waals surface area contributed by atoms with E-state index in [2.05, 4.69) is 26.2 Å². The molecule has 1 rings (SSSR count). The first-order valence-corrected chi connectivity index (χ1v) is 4.53. The van der Waals surface area contributed by atoms with Crippen LogP contribution in [0.1, 0.15) is 32.4 Å². The Hall–Kier alpha value is -0.510.